The van der Waals surface area contributed by atoms with E-state index in [2.05, 4.69) is 34.6 Å². The van der Waals surface area contributed by atoms with Gasteiger partial charge in [0.2, 0.25) is 5.91 Å². The minimum Gasteiger partial charge on any atom is -0.343 e. The van der Waals surface area contributed by atoms with Crippen LogP contribution in [0.3, 0.4) is 0 Å². The maximum absolute atomic E-state index is 11.8. The van der Waals surface area contributed by atoms with Crippen LogP contribution in [0.25, 0.3) is 0 Å². The summed E-state index contributed by atoms with van der Waals surface area (Å²) >= 11 is 0. The van der Waals surface area contributed by atoms with E-state index in [4.69, 9.17) is 0 Å². The first-order valence-corrected chi connectivity index (χ1v) is 6.18. The zero-order chi connectivity index (χ0) is 12.1. The molecule has 2 heteroatoms. The maximum atomic E-state index is 11.8. The van der Waals surface area contributed by atoms with Crippen LogP contribution in [-0.4, -0.2) is 23.9 Å². The van der Waals surface area contributed by atoms with Crippen molar-refractivity contribution in [3.8, 4) is 0 Å². The molecule has 0 saturated heterocycles. The summed E-state index contributed by atoms with van der Waals surface area (Å²) in [6, 6.07) is 0.326. The van der Waals surface area contributed by atoms with Gasteiger partial charge in [0.05, 0.1) is 0 Å². The summed E-state index contributed by atoms with van der Waals surface area (Å²) in [5.41, 5.74) is 0.248. The van der Waals surface area contributed by atoms with Crippen molar-refractivity contribution in [1.29, 1.82) is 0 Å². The van der Waals surface area contributed by atoms with Crippen molar-refractivity contribution in [2.75, 3.05) is 7.05 Å². The van der Waals surface area contributed by atoms with Crippen LogP contribution in [0.5, 0.6) is 0 Å². The molecule has 0 bridgehead atoms. The number of hydrogen-bond acceptors (Lipinski definition) is 1. The molecule has 0 rings (SSSR count). The summed E-state index contributed by atoms with van der Waals surface area (Å²) < 4.78 is 0. The quantitative estimate of drug-likeness (QED) is 0.661. The van der Waals surface area contributed by atoms with Gasteiger partial charge in [-0.1, -0.05) is 27.7 Å². The number of hydrogen-bond donors (Lipinski definition) is 0. The van der Waals surface area contributed by atoms with Crippen LogP contribution in [0.1, 0.15) is 60.3 Å². The molecule has 2 nitrogen and oxygen atoms in total. The minimum absolute atomic E-state index is 0.248. The lowest BCUT2D eigenvalue weighted by Gasteiger charge is -2.39. The normalized spacial score (nSPS) is 13.7. The van der Waals surface area contributed by atoms with E-state index in [1.165, 1.54) is 0 Å². The summed E-state index contributed by atoms with van der Waals surface area (Å²) in [6.07, 6.45) is 3.85. The molecule has 0 aromatic heterocycles. The third-order valence-electron chi connectivity index (χ3n) is 4.06. The Morgan fingerprint density at radius 1 is 1.27 bits per heavy atom. The lowest BCUT2D eigenvalue weighted by Crippen LogP contribution is -2.45. The topological polar surface area (TPSA) is 20.3 Å². The second-order valence-corrected chi connectivity index (χ2v) is 4.79. The highest BCUT2D eigenvalue weighted by atomic mass is 16.2. The van der Waals surface area contributed by atoms with Crippen molar-refractivity contribution in [2.45, 2.75) is 66.3 Å². The zero-order valence-corrected chi connectivity index (χ0v) is 11.3. The average molecular weight is 213 g/mol. The fourth-order valence-corrected chi connectivity index (χ4v) is 1.91. The van der Waals surface area contributed by atoms with Gasteiger partial charge in [0.25, 0.3) is 0 Å². The van der Waals surface area contributed by atoms with Gasteiger partial charge in [-0.05, 0) is 31.6 Å². The summed E-state index contributed by atoms with van der Waals surface area (Å²) in [4.78, 5) is 13.7. The first kappa shape index (κ1) is 14.5. The van der Waals surface area contributed by atoms with Crippen LogP contribution < -0.4 is 0 Å². The molecule has 0 aliphatic carbocycles. The summed E-state index contributed by atoms with van der Waals surface area (Å²) in [5, 5.41) is 0. The van der Waals surface area contributed by atoms with Gasteiger partial charge in [-0.15, -0.1) is 0 Å². The van der Waals surface area contributed by atoms with E-state index >= 15 is 0 Å². The molecular formula is C13H27NO. The van der Waals surface area contributed by atoms with E-state index in [-0.39, 0.29) is 11.3 Å². The van der Waals surface area contributed by atoms with Crippen LogP contribution >= 0.6 is 0 Å². The molecule has 15 heavy (non-hydrogen) atoms. The van der Waals surface area contributed by atoms with E-state index < -0.39 is 0 Å². The van der Waals surface area contributed by atoms with E-state index in [9.17, 15) is 4.79 Å². The number of amides is 1. The molecule has 90 valence electrons. The fraction of sp³-hybridized carbons (Fsp3) is 0.923. The molecule has 0 fully saturated rings. The first-order valence-electron chi connectivity index (χ1n) is 6.18. The molecule has 0 saturated carbocycles. The third-order valence-corrected chi connectivity index (χ3v) is 4.06. The average Bonchev–Trinajstić information content (AvgIpc) is 2.26. The van der Waals surface area contributed by atoms with E-state index in [0.717, 1.165) is 19.3 Å². The van der Waals surface area contributed by atoms with Crippen molar-refractivity contribution in [1.82, 2.24) is 4.90 Å². The Morgan fingerprint density at radius 3 is 2.07 bits per heavy atom. The number of carbonyl (C=O) groups excluding carboxylic acids is 1. The Hall–Kier alpha value is -0.530. The Labute approximate surface area is 95.0 Å². The molecule has 0 radical (unpaired) electrons. The molecule has 0 N–H and O–H groups in total. The largest absolute Gasteiger partial charge is 0.343 e. The fourth-order valence-electron chi connectivity index (χ4n) is 1.91. The van der Waals surface area contributed by atoms with Gasteiger partial charge in [0.15, 0.2) is 0 Å². The van der Waals surface area contributed by atoms with Crippen LogP contribution in [0.4, 0.5) is 0 Å². The van der Waals surface area contributed by atoms with Crippen LogP contribution in [0.2, 0.25) is 0 Å². The van der Waals surface area contributed by atoms with Crippen molar-refractivity contribution < 1.29 is 4.79 Å². The van der Waals surface area contributed by atoms with Crippen molar-refractivity contribution in [3.05, 3.63) is 0 Å². The lowest BCUT2D eigenvalue weighted by atomic mass is 9.77. The standard InChI is InChI=1S/C13H27NO/c1-7-10-12(15)14(6)11(4)13(5,8-2)9-3/h11H,7-10H2,1-6H3/t11-/m0/s1. The van der Waals surface area contributed by atoms with Gasteiger partial charge in [-0.2, -0.15) is 0 Å². The Kier molecular flexibility index (Phi) is 5.92. The van der Waals surface area contributed by atoms with Gasteiger partial charge in [0.1, 0.15) is 0 Å². The first-order chi connectivity index (χ1) is 6.92. The predicted molar refractivity (Wildman–Crippen MR) is 65.8 cm³/mol. The van der Waals surface area contributed by atoms with Gasteiger partial charge < -0.3 is 4.90 Å². The van der Waals surface area contributed by atoms with Crippen LogP contribution in [-0.2, 0) is 4.79 Å². The van der Waals surface area contributed by atoms with Gasteiger partial charge >= 0.3 is 0 Å². The Morgan fingerprint density at radius 2 is 1.73 bits per heavy atom. The zero-order valence-electron chi connectivity index (χ0n) is 11.3. The number of carbonyl (C=O) groups is 1. The van der Waals surface area contributed by atoms with Crippen molar-refractivity contribution >= 4 is 5.91 Å². The highest BCUT2D eigenvalue weighted by Crippen LogP contribution is 2.32. The molecule has 1 amide bonds. The molecule has 0 aliphatic heterocycles. The highest BCUT2D eigenvalue weighted by molar-refractivity contribution is 5.76. The molecule has 0 aromatic carbocycles. The van der Waals surface area contributed by atoms with Crippen molar-refractivity contribution in [2.24, 2.45) is 5.41 Å². The molecule has 0 aromatic rings. The molecule has 0 spiro atoms. The Balaban J connectivity index is 4.54. The SMILES string of the molecule is CCCC(=O)N(C)[C@@H](C)C(C)(CC)CC. The molecule has 1 atom stereocenters. The lowest BCUT2D eigenvalue weighted by molar-refractivity contribution is -0.134. The third kappa shape index (κ3) is 3.51. The van der Waals surface area contributed by atoms with E-state index in [1.54, 1.807) is 0 Å². The van der Waals surface area contributed by atoms with Gasteiger partial charge in [-0.3, -0.25) is 4.79 Å². The second kappa shape index (κ2) is 6.14. The second-order valence-electron chi connectivity index (χ2n) is 4.79. The van der Waals surface area contributed by atoms with E-state index in [0.29, 0.717) is 12.5 Å². The number of rotatable bonds is 6. The molecule has 0 heterocycles. The maximum Gasteiger partial charge on any atom is 0.222 e. The van der Waals surface area contributed by atoms with Crippen LogP contribution in [0, 0.1) is 5.41 Å². The monoisotopic (exact) mass is 213 g/mol. The van der Waals surface area contributed by atoms with Crippen molar-refractivity contribution in [3.63, 3.8) is 0 Å². The summed E-state index contributed by atoms with van der Waals surface area (Å²) in [5.74, 6) is 0.276. The highest BCUT2D eigenvalue weighted by Gasteiger charge is 2.31. The smallest absolute Gasteiger partial charge is 0.222 e. The van der Waals surface area contributed by atoms with Gasteiger partial charge in [0, 0.05) is 19.5 Å². The minimum atomic E-state index is 0.248. The predicted octanol–water partition coefficient (Wildman–Crippen LogP) is 3.46. The molecule has 0 unspecified atom stereocenters. The summed E-state index contributed by atoms with van der Waals surface area (Å²) in [7, 11) is 1.94. The Bertz CT molecular complexity index is 197. The molecule has 0 aliphatic rings. The van der Waals surface area contributed by atoms with Crippen LogP contribution in [0.15, 0.2) is 0 Å². The summed E-state index contributed by atoms with van der Waals surface area (Å²) in [6.45, 7) is 10.9. The molecular weight excluding hydrogens is 186 g/mol. The van der Waals surface area contributed by atoms with E-state index in [1.807, 2.05) is 11.9 Å². The number of nitrogens with zero attached hydrogens (tertiary/aromatic N) is 1. The van der Waals surface area contributed by atoms with Gasteiger partial charge in [-0.25, -0.2) is 0 Å².